The SMILES string of the molecule is CCCCC(C)NC(=O)CCCCCN. The van der Waals surface area contributed by atoms with Crippen molar-refractivity contribution in [3.05, 3.63) is 0 Å². The Hall–Kier alpha value is -0.570. The van der Waals surface area contributed by atoms with E-state index in [2.05, 4.69) is 19.2 Å². The number of hydrogen-bond donors (Lipinski definition) is 2. The third-order valence-corrected chi connectivity index (χ3v) is 2.51. The lowest BCUT2D eigenvalue weighted by molar-refractivity contribution is -0.121. The van der Waals surface area contributed by atoms with E-state index >= 15 is 0 Å². The first-order chi connectivity index (χ1) is 7.20. The van der Waals surface area contributed by atoms with Gasteiger partial charge < -0.3 is 11.1 Å². The number of unbranched alkanes of at least 4 members (excludes halogenated alkanes) is 3. The summed E-state index contributed by atoms with van der Waals surface area (Å²) in [5, 5.41) is 3.02. The second kappa shape index (κ2) is 9.97. The molecule has 0 aromatic rings. The predicted molar refractivity (Wildman–Crippen MR) is 64.7 cm³/mol. The molecular formula is C12H26N2O. The summed E-state index contributed by atoms with van der Waals surface area (Å²) in [6.07, 6.45) is 7.17. The minimum absolute atomic E-state index is 0.190. The van der Waals surface area contributed by atoms with Crippen LogP contribution in [0.4, 0.5) is 0 Å². The van der Waals surface area contributed by atoms with Gasteiger partial charge in [0.15, 0.2) is 0 Å². The third-order valence-electron chi connectivity index (χ3n) is 2.51. The highest BCUT2D eigenvalue weighted by molar-refractivity contribution is 5.76. The number of carbonyl (C=O) groups excluding carboxylic acids is 1. The summed E-state index contributed by atoms with van der Waals surface area (Å²) >= 11 is 0. The Morgan fingerprint density at radius 2 is 2.00 bits per heavy atom. The molecule has 0 fully saturated rings. The van der Waals surface area contributed by atoms with E-state index in [1.807, 2.05) is 0 Å². The van der Waals surface area contributed by atoms with Crippen molar-refractivity contribution in [1.82, 2.24) is 5.32 Å². The maximum atomic E-state index is 11.4. The smallest absolute Gasteiger partial charge is 0.220 e. The van der Waals surface area contributed by atoms with Gasteiger partial charge in [-0.05, 0) is 32.7 Å². The number of carbonyl (C=O) groups is 1. The predicted octanol–water partition coefficient (Wildman–Crippen LogP) is 2.20. The van der Waals surface area contributed by atoms with Gasteiger partial charge in [0.1, 0.15) is 0 Å². The second-order valence-corrected chi connectivity index (χ2v) is 4.21. The first-order valence-electron chi connectivity index (χ1n) is 6.20. The first-order valence-corrected chi connectivity index (χ1v) is 6.20. The van der Waals surface area contributed by atoms with Crippen LogP contribution in [0.25, 0.3) is 0 Å². The molecule has 1 atom stereocenters. The average molecular weight is 214 g/mol. The molecule has 0 spiro atoms. The van der Waals surface area contributed by atoms with Gasteiger partial charge in [-0.2, -0.15) is 0 Å². The Balaban J connectivity index is 3.38. The summed E-state index contributed by atoms with van der Waals surface area (Å²) in [6.45, 7) is 4.98. The Morgan fingerprint density at radius 1 is 1.27 bits per heavy atom. The summed E-state index contributed by atoms with van der Waals surface area (Å²) in [4.78, 5) is 11.4. The molecule has 0 rings (SSSR count). The van der Waals surface area contributed by atoms with Crippen molar-refractivity contribution in [1.29, 1.82) is 0 Å². The lowest BCUT2D eigenvalue weighted by atomic mass is 10.1. The molecule has 0 saturated carbocycles. The Labute approximate surface area is 93.8 Å². The second-order valence-electron chi connectivity index (χ2n) is 4.21. The monoisotopic (exact) mass is 214 g/mol. The maximum Gasteiger partial charge on any atom is 0.220 e. The van der Waals surface area contributed by atoms with Crippen molar-refractivity contribution in [2.45, 2.75) is 64.8 Å². The van der Waals surface area contributed by atoms with Crippen LogP contribution in [0.15, 0.2) is 0 Å². The van der Waals surface area contributed by atoms with E-state index in [4.69, 9.17) is 5.73 Å². The van der Waals surface area contributed by atoms with Crippen molar-refractivity contribution in [2.24, 2.45) is 5.73 Å². The molecule has 0 heterocycles. The molecule has 0 aromatic carbocycles. The van der Waals surface area contributed by atoms with Crippen LogP contribution in [0, 0.1) is 0 Å². The lowest BCUT2D eigenvalue weighted by Gasteiger charge is -2.13. The molecule has 3 nitrogen and oxygen atoms in total. The van der Waals surface area contributed by atoms with E-state index in [-0.39, 0.29) is 5.91 Å². The molecular weight excluding hydrogens is 188 g/mol. The molecule has 0 radical (unpaired) electrons. The van der Waals surface area contributed by atoms with Crippen molar-refractivity contribution >= 4 is 5.91 Å². The number of hydrogen-bond acceptors (Lipinski definition) is 2. The summed E-state index contributed by atoms with van der Waals surface area (Å²) in [7, 11) is 0. The van der Waals surface area contributed by atoms with Gasteiger partial charge in [0.2, 0.25) is 5.91 Å². The van der Waals surface area contributed by atoms with Crippen molar-refractivity contribution in [2.75, 3.05) is 6.54 Å². The van der Waals surface area contributed by atoms with Gasteiger partial charge in [-0.25, -0.2) is 0 Å². The number of nitrogens with one attached hydrogen (secondary N) is 1. The van der Waals surface area contributed by atoms with Gasteiger partial charge >= 0.3 is 0 Å². The van der Waals surface area contributed by atoms with Crippen molar-refractivity contribution in [3.8, 4) is 0 Å². The van der Waals surface area contributed by atoms with E-state index in [1.54, 1.807) is 0 Å². The molecule has 0 aromatic heterocycles. The summed E-state index contributed by atoms with van der Waals surface area (Å²) in [5.41, 5.74) is 5.38. The zero-order chi connectivity index (χ0) is 11.5. The zero-order valence-electron chi connectivity index (χ0n) is 10.2. The molecule has 0 bridgehead atoms. The molecule has 1 amide bonds. The number of amides is 1. The zero-order valence-corrected chi connectivity index (χ0v) is 10.2. The highest BCUT2D eigenvalue weighted by Crippen LogP contribution is 2.02. The highest BCUT2D eigenvalue weighted by atomic mass is 16.1. The molecule has 3 heteroatoms. The van der Waals surface area contributed by atoms with Crippen LogP contribution < -0.4 is 11.1 Å². The van der Waals surface area contributed by atoms with E-state index in [0.29, 0.717) is 12.5 Å². The van der Waals surface area contributed by atoms with Gasteiger partial charge in [0, 0.05) is 12.5 Å². The molecule has 0 aliphatic rings. The fourth-order valence-corrected chi connectivity index (χ4v) is 1.54. The van der Waals surface area contributed by atoms with Crippen LogP contribution in [0.3, 0.4) is 0 Å². The Kier molecular flexibility index (Phi) is 9.59. The lowest BCUT2D eigenvalue weighted by Crippen LogP contribution is -2.32. The molecule has 90 valence electrons. The molecule has 0 saturated heterocycles. The van der Waals surface area contributed by atoms with Gasteiger partial charge in [-0.1, -0.05) is 26.2 Å². The number of rotatable bonds is 9. The first kappa shape index (κ1) is 14.4. The topological polar surface area (TPSA) is 55.1 Å². The summed E-state index contributed by atoms with van der Waals surface area (Å²) < 4.78 is 0. The largest absolute Gasteiger partial charge is 0.354 e. The maximum absolute atomic E-state index is 11.4. The van der Waals surface area contributed by atoms with Crippen LogP contribution in [-0.4, -0.2) is 18.5 Å². The average Bonchev–Trinajstić information content (AvgIpc) is 2.21. The van der Waals surface area contributed by atoms with Crippen LogP contribution in [0.1, 0.15) is 58.8 Å². The Bertz CT molecular complexity index is 160. The minimum Gasteiger partial charge on any atom is -0.354 e. The van der Waals surface area contributed by atoms with Crippen LogP contribution in [0.2, 0.25) is 0 Å². The van der Waals surface area contributed by atoms with E-state index < -0.39 is 0 Å². The molecule has 3 N–H and O–H groups in total. The standard InChI is InChI=1S/C12H26N2O/c1-3-4-8-11(2)14-12(15)9-6-5-7-10-13/h11H,3-10,13H2,1-2H3,(H,14,15). The van der Waals surface area contributed by atoms with Crippen molar-refractivity contribution in [3.63, 3.8) is 0 Å². The summed E-state index contributed by atoms with van der Waals surface area (Å²) in [5.74, 6) is 0.190. The minimum atomic E-state index is 0.190. The van der Waals surface area contributed by atoms with Gasteiger partial charge in [-0.3, -0.25) is 4.79 Å². The van der Waals surface area contributed by atoms with Gasteiger partial charge in [0.25, 0.3) is 0 Å². The van der Waals surface area contributed by atoms with Crippen molar-refractivity contribution < 1.29 is 4.79 Å². The van der Waals surface area contributed by atoms with Crippen LogP contribution in [-0.2, 0) is 4.79 Å². The van der Waals surface area contributed by atoms with Gasteiger partial charge in [0.05, 0.1) is 0 Å². The molecule has 0 aliphatic heterocycles. The fourth-order valence-electron chi connectivity index (χ4n) is 1.54. The van der Waals surface area contributed by atoms with E-state index in [0.717, 1.165) is 32.2 Å². The molecule has 15 heavy (non-hydrogen) atoms. The van der Waals surface area contributed by atoms with Crippen LogP contribution >= 0.6 is 0 Å². The normalized spacial score (nSPS) is 12.5. The summed E-state index contributed by atoms with van der Waals surface area (Å²) in [6, 6.07) is 0.326. The molecule has 0 aliphatic carbocycles. The number of nitrogens with two attached hydrogens (primary N) is 1. The Morgan fingerprint density at radius 3 is 2.60 bits per heavy atom. The highest BCUT2D eigenvalue weighted by Gasteiger charge is 2.05. The van der Waals surface area contributed by atoms with Crippen LogP contribution in [0.5, 0.6) is 0 Å². The van der Waals surface area contributed by atoms with Gasteiger partial charge in [-0.15, -0.1) is 0 Å². The quantitative estimate of drug-likeness (QED) is 0.578. The third kappa shape index (κ3) is 9.73. The van der Waals surface area contributed by atoms with E-state index in [1.165, 1.54) is 12.8 Å². The fraction of sp³-hybridized carbons (Fsp3) is 0.917. The molecule has 1 unspecified atom stereocenters. The van der Waals surface area contributed by atoms with E-state index in [9.17, 15) is 4.79 Å².